The van der Waals surface area contributed by atoms with Crippen molar-refractivity contribution in [2.45, 2.75) is 6.92 Å². The SMILES string of the molecule is CCOc1cc(/C=N\NC(=O)CN(c2cccc(F)c2)S(C)(=O)=O)cc(Br)c1O. The van der Waals surface area contributed by atoms with Crippen molar-refractivity contribution in [2.24, 2.45) is 5.10 Å². The summed E-state index contributed by atoms with van der Waals surface area (Å²) in [6.07, 6.45) is 2.22. The first kappa shape index (κ1) is 22.6. The Morgan fingerprint density at radius 2 is 2.10 bits per heavy atom. The van der Waals surface area contributed by atoms with Crippen LogP contribution in [0.25, 0.3) is 0 Å². The Labute approximate surface area is 176 Å². The zero-order chi connectivity index (χ0) is 21.6. The highest BCUT2D eigenvalue weighted by molar-refractivity contribution is 9.10. The van der Waals surface area contributed by atoms with Gasteiger partial charge in [0.1, 0.15) is 12.4 Å². The van der Waals surface area contributed by atoms with E-state index < -0.39 is 28.3 Å². The molecule has 1 amide bonds. The highest BCUT2D eigenvalue weighted by atomic mass is 79.9. The van der Waals surface area contributed by atoms with Gasteiger partial charge in [-0.1, -0.05) is 6.07 Å². The van der Waals surface area contributed by atoms with Crippen LogP contribution in [-0.4, -0.2) is 45.1 Å². The number of benzene rings is 2. The number of phenolic OH excluding ortho intramolecular Hbond substituents is 1. The monoisotopic (exact) mass is 487 g/mol. The van der Waals surface area contributed by atoms with Crippen LogP contribution >= 0.6 is 15.9 Å². The van der Waals surface area contributed by atoms with Crippen molar-refractivity contribution < 1.29 is 27.4 Å². The molecule has 2 aromatic carbocycles. The van der Waals surface area contributed by atoms with E-state index in [1.165, 1.54) is 30.5 Å². The lowest BCUT2D eigenvalue weighted by atomic mass is 10.2. The van der Waals surface area contributed by atoms with Crippen LogP contribution in [0.5, 0.6) is 11.5 Å². The molecule has 8 nitrogen and oxygen atoms in total. The lowest BCUT2D eigenvalue weighted by Gasteiger charge is -2.21. The fourth-order valence-corrected chi connectivity index (χ4v) is 3.62. The van der Waals surface area contributed by atoms with Crippen molar-refractivity contribution in [3.63, 3.8) is 0 Å². The Morgan fingerprint density at radius 1 is 1.38 bits per heavy atom. The molecule has 0 saturated carbocycles. The summed E-state index contributed by atoms with van der Waals surface area (Å²) < 4.78 is 43.8. The van der Waals surface area contributed by atoms with Crippen LogP contribution in [-0.2, 0) is 14.8 Å². The molecule has 0 aromatic heterocycles. The van der Waals surface area contributed by atoms with E-state index in [0.717, 1.165) is 16.6 Å². The molecule has 0 aliphatic rings. The van der Waals surface area contributed by atoms with E-state index >= 15 is 0 Å². The Kier molecular flexibility index (Phi) is 7.57. The fourth-order valence-electron chi connectivity index (χ4n) is 2.31. The van der Waals surface area contributed by atoms with Crippen LogP contribution in [0.3, 0.4) is 0 Å². The highest BCUT2D eigenvalue weighted by Crippen LogP contribution is 2.35. The first-order chi connectivity index (χ1) is 13.6. The van der Waals surface area contributed by atoms with Crippen LogP contribution in [0.4, 0.5) is 10.1 Å². The minimum atomic E-state index is -3.83. The van der Waals surface area contributed by atoms with Gasteiger partial charge in [0.05, 0.1) is 29.2 Å². The van der Waals surface area contributed by atoms with E-state index in [9.17, 15) is 22.7 Å². The number of ether oxygens (including phenoxy) is 1. The number of carbonyl (C=O) groups excluding carboxylic acids is 1. The summed E-state index contributed by atoms with van der Waals surface area (Å²) in [5, 5.41) is 13.7. The Bertz CT molecular complexity index is 1030. The maximum Gasteiger partial charge on any atom is 0.260 e. The minimum Gasteiger partial charge on any atom is -0.503 e. The van der Waals surface area contributed by atoms with Gasteiger partial charge in [-0.15, -0.1) is 0 Å². The zero-order valence-electron chi connectivity index (χ0n) is 15.6. The van der Waals surface area contributed by atoms with Gasteiger partial charge in [-0.3, -0.25) is 9.10 Å². The summed E-state index contributed by atoms with van der Waals surface area (Å²) in [4.78, 5) is 12.1. The number of nitrogens with zero attached hydrogens (tertiary/aromatic N) is 2. The average Bonchev–Trinajstić information content (AvgIpc) is 2.63. The molecule has 2 aromatic rings. The number of aromatic hydroxyl groups is 1. The van der Waals surface area contributed by atoms with E-state index in [4.69, 9.17) is 4.74 Å². The quantitative estimate of drug-likeness (QED) is 0.439. The average molecular weight is 488 g/mol. The number of hydrazone groups is 1. The van der Waals surface area contributed by atoms with Gasteiger partial charge in [0.2, 0.25) is 10.0 Å². The molecule has 0 unspecified atom stereocenters. The fraction of sp³-hybridized carbons (Fsp3) is 0.222. The van der Waals surface area contributed by atoms with Crippen molar-refractivity contribution in [2.75, 3.05) is 23.7 Å². The molecule has 2 N–H and O–H groups in total. The third-order valence-corrected chi connectivity index (χ3v) is 5.28. The molecule has 156 valence electrons. The third kappa shape index (κ3) is 6.43. The molecule has 0 aliphatic heterocycles. The van der Waals surface area contributed by atoms with Crippen LogP contribution in [0, 0.1) is 5.82 Å². The molecule has 0 fully saturated rings. The first-order valence-electron chi connectivity index (χ1n) is 8.32. The van der Waals surface area contributed by atoms with Crippen molar-refractivity contribution in [1.29, 1.82) is 0 Å². The summed E-state index contributed by atoms with van der Waals surface area (Å²) in [5.74, 6) is -1.17. The summed E-state index contributed by atoms with van der Waals surface area (Å²) >= 11 is 3.19. The van der Waals surface area contributed by atoms with E-state index in [2.05, 4.69) is 26.5 Å². The van der Waals surface area contributed by atoms with Crippen molar-refractivity contribution in [3.8, 4) is 11.5 Å². The van der Waals surface area contributed by atoms with E-state index in [1.807, 2.05) is 0 Å². The molecule has 0 bridgehead atoms. The molecule has 0 heterocycles. The largest absolute Gasteiger partial charge is 0.503 e. The molecule has 0 radical (unpaired) electrons. The number of rotatable bonds is 8. The molecule has 0 spiro atoms. The summed E-state index contributed by atoms with van der Waals surface area (Å²) in [6.45, 7) is 1.53. The van der Waals surface area contributed by atoms with E-state index in [-0.39, 0.29) is 17.2 Å². The smallest absolute Gasteiger partial charge is 0.260 e. The number of hydrogen-bond acceptors (Lipinski definition) is 6. The Balaban J connectivity index is 2.11. The van der Waals surface area contributed by atoms with Gasteiger partial charge in [0.25, 0.3) is 5.91 Å². The second kappa shape index (κ2) is 9.70. The molecule has 0 saturated heterocycles. The lowest BCUT2D eigenvalue weighted by Crippen LogP contribution is -2.39. The lowest BCUT2D eigenvalue weighted by molar-refractivity contribution is -0.119. The molecule has 0 aliphatic carbocycles. The number of amides is 1. The van der Waals surface area contributed by atoms with Gasteiger partial charge >= 0.3 is 0 Å². The van der Waals surface area contributed by atoms with Gasteiger partial charge in [0.15, 0.2) is 11.5 Å². The van der Waals surface area contributed by atoms with Gasteiger partial charge in [-0.05, 0) is 58.7 Å². The van der Waals surface area contributed by atoms with Crippen LogP contribution < -0.4 is 14.5 Å². The normalized spacial score (nSPS) is 11.4. The molecule has 29 heavy (non-hydrogen) atoms. The van der Waals surface area contributed by atoms with Gasteiger partial charge < -0.3 is 9.84 Å². The number of carbonyl (C=O) groups is 1. The predicted molar refractivity (Wildman–Crippen MR) is 111 cm³/mol. The van der Waals surface area contributed by atoms with Crippen LogP contribution in [0.2, 0.25) is 0 Å². The number of anilines is 1. The second-order valence-electron chi connectivity index (χ2n) is 5.83. The number of nitrogens with one attached hydrogen (secondary N) is 1. The van der Waals surface area contributed by atoms with Crippen LogP contribution in [0.1, 0.15) is 12.5 Å². The summed E-state index contributed by atoms with van der Waals surface area (Å²) in [5.41, 5.74) is 2.76. The van der Waals surface area contributed by atoms with Crippen molar-refractivity contribution in [3.05, 3.63) is 52.3 Å². The van der Waals surface area contributed by atoms with Gasteiger partial charge in [-0.25, -0.2) is 18.2 Å². The maximum absolute atomic E-state index is 13.4. The number of halogens is 2. The number of hydrogen-bond donors (Lipinski definition) is 2. The van der Waals surface area contributed by atoms with Gasteiger partial charge in [-0.2, -0.15) is 5.10 Å². The minimum absolute atomic E-state index is 0.0236. The maximum atomic E-state index is 13.4. The first-order valence-corrected chi connectivity index (χ1v) is 11.0. The summed E-state index contributed by atoms with van der Waals surface area (Å²) in [7, 11) is -3.83. The molecule has 2 rings (SSSR count). The molecular weight excluding hydrogens is 469 g/mol. The highest BCUT2D eigenvalue weighted by Gasteiger charge is 2.21. The topological polar surface area (TPSA) is 108 Å². The zero-order valence-corrected chi connectivity index (χ0v) is 18.0. The van der Waals surface area contributed by atoms with E-state index in [1.54, 1.807) is 13.0 Å². The number of phenols is 1. The standard InChI is InChI=1S/C18H19BrFN3O5S/c1-3-28-16-8-12(7-15(19)18(16)25)10-21-22-17(24)11-23(29(2,26)27)14-6-4-5-13(20)9-14/h4-10,25H,3,11H2,1-2H3,(H,22,24)/b21-10-. The van der Waals surface area contributed by atoms with Gasteiger partial charge in [0, 0.05) is 0 Å². The molecular formula is C18H19BrFN3O5S. The number of sulfonamides is 1. The third-order valence-electron chi connectivity index (χ3n) is 3.54. The predicted octanol–water partition coefficient (Wildman–Crippen LogP) is 2.61. The second-order valence-corrected chi connectivity index (χ2v) is 8.59. The molecule has 11 heteroatoms. The summed E-state index contributed by atoms with van der Waals surface area (Å²) in [6, 6.07) is 7.99. The Morgan fingerprint density at radius 3 is 2.72 bits per heavy atom. The van der Waals surface area contributed by atoms with Crippen molar-refractivity contribution in [1.82, 2.24) is 5.43 Å². The van der Waals surface area contributed by atoms with E-state index in [0.29, 0.717) is 16.6 Å². The molecule has 0 atom stereocenters. The van der Waals surface area contributed by atoms with Crippen LogP contribution in [0.15, 0.2) is 46.0 Å². The van der Waals surface area contributed by atoms with Crippen molar-refractivity contribution >= 4 is 43.8 Å². The Hall–Kier alpha value is -2.66.